The van der Waals surface area contributed by atoms with Crippen LogP contribution < -0.4 is 15.5 Å². The zero-order valence-electron chi connectivity index (χ0n) is 18.1. The molecular weight excluding hydrogens is 390 g/mol. The molecule has 2 aliphatic heterocycles. The van der Waals surface area contributed by atoms with Crippen molar-refractivity contribution < 1.29 is 9.53 Å². The van der Waals surface area contributed by atoms with Crippen molar-refractivity contribution in [3.05, 3.63) is 60.2 Å². The molecule has 2 aromatic carbocycles. The number of ether oxygens (including phenoxy) is 1. The molecule has 0 aliphatic carbocycles. The van der Waals surface area contributed by atoms with E-state index in [0.29, 0.717) is 13.2 Å². The fraction of sp³-hybridized carbons (Fsp3) is 0.417. The Kier molecular flexibility index (Phi) is 7.04. The number of carbonyl (C=O) groups excluding carboxylic acids is 1. The van der Waals surface area contributed by atoms with Crippen LogP contribution >= 0.6 is 0 Å². The zero-order valence-corrected chi connectivity index (χ0v) is 18.1. The van der Waals surface area contributed by atoms with Crippen molar-refractivity contribution in [2.45, 2.75) is 25.5 Å². The number of rotatable bonds is 5. The number of hydrogen-bond donors (Lipinski definition) is 2. The van der Waals surface area contributed by atoms with Crippen LogP contribution in [-0.4, -0.2) is 62.7 Å². The Morgan fingerprint density at radius 2 is 1.90 bits per heavy atom. The Morgan fingerprint density at radius 1 is 1.10 bits per heavy atom. The summed E-state index contributed by atoms with van der Waals surface area (Å²) >= 11 is 0. The highest BCUT2D eigenvalue weighted by atomic mass is 16.5. The molecule has 0 saturated carbocycles. The van der Waals surface area contributed by atoms with Crippen molar-refractivity contribution >= 4 is 23.2 Å². The van der Waals surface area contributed by atoms with Crippen molar-refractivity contribution in [1.29, 1.82) is 0 Å². The van der Waals surface area contributed by atoms with Crippen molar-refractivity contribution in [3.8, 4) is 0 Å². The number of amides is 1. The predicted octanol–water partition coefficient (Wildman–Crippen LogP) is 2.70. The van der Waals surface area contributed by atoms with E-state index >= 15 is 0 Å². The maximum absolute atomic E-state index is 12.3. The second-order valence-corrected chi connectivity index (χ2v) is 7.90. The van der Waals surface area contributed by atoms with E-state index in [2.05, 4.69) is 61.8 Å². The van der Waals surface area contributed by atoms with Gasteiger partial charge in [0.15, 0.2) is 5.96 Å². The highest BCUT2D eigenvalue weighted by Gasteiger charge is 2.23. The van der Waals surface area contributed by atoms with Crippen LogP contribution in [0.2, 0.25) is 0 Å². The lowest BCUT2D eigenvalue weighted by Gasteiger charge is -2.37. The van der Waals surface area contributed by atoms with E-state index < -0.39 is 0 Å². The van der Waals surface area contributed by atoms with Gasteiger partial charge >= 0.3 is 0 Å². The average Bonchev–Trinajstić information content (AvgIpc) is 3.36. The molecule has 0 spiro atoms. The fourth-order valence-corrected chi connectivity index (χ4v) is 4.09. The number of anilines is 2. The monoisotopic (exact) mass is 421 g/mol. The SMILES string of the molecule is CN=C(NCc1cccc(NC(=O)C2CCCO2)c1)N1CCN(c2ccccc2)CC1. The molecule has 2 N–H and O–H groups in total. The third-order valence-corrected chi connectivity index (χ3v) is 5.78. The minimum atomic E-state index is -0.324. The quantitative estimate of drug-likeness (QED) is 0.574. The van der Waals surface area contributed by atoms with Crippen molar-refractivity contribution in [2.24, 2.45) is 4.99 Å². The molecule has 0 bridgehead atoms. The van der Waals surface area contributed by atoms with Gasteiger partial charge < -0.3 is 25.2 Å². The molecule has 1 unspecified atom stereocenters. The Hall–Kier alpha value is -3.06. The lowest BCUT2D eigenvalue weighted by Crippen LogP contribution is -2.52. The van der Waals surface area contributed by atoms with Gasteiger partial charge in [0.1, 0.15) is 6.10 Å². The highest BCUT2D eigenvalue weighted by Crippen LogP contribution is 2.17. The van der Waals surface area contributed by atoms with Crippen LogP contribution in [0.4, 0.5) is 11.4 Å². The van der Waals surface area contributed by atoms with Gasteiger partial charge in [0.25, 0.3) is 5.91 Å². The zero-order chi connectivity index (χ0) is 21.5. The number of hydrogen-bond acceptors (Lipinski definition) is 4. The van der Waals surface area contributed by atoms with Gasteiger partial charge in [-0.05, 0) is 42.7 Å². The first-order valence-electron chi connectivity index (χ1n) is 11.0. The molecule has 31 heavy (non-hydrogen) atoms. The van der Waals surface area contributed by atoms with Crippen molar-refractivity contribution in [2.75, 3.05) is 50.1 Å². The molecule has 0 radical (unpaired) electrons. The van der Waals surface area contributed by atoms with E-state index in [1.165, 1.54) is 5.69 Å². The largest absolute Gasteiger partial charge is 0.368 e. The molecule has 164 valence electrons. The lowest BCUT2D eigenvalue weighted by atomic mass is 10.2. The van der Waals surface area contributed by atoms with Crippen LogP contribution in [0.3, 0.4) is 0 Å². The number of carbonyl (C=O) groups is 1. The third-order valence-electron chi connectivity index (χ3n) is 5.78. The van der Waals surface area contributed by atoms with Crippen LogP contribution in [0.5, 0.6) is 0 Å². The Morgan fingerprint density at radius 3 is 2.61 bits per heavy atom. The van der Waals surface area contributed by atoms with Crippen LogP contribution in [0, 0.1) is 0 Å². The molecule has 4 rings (SSSR count). The first-order chi connectivity index (χ1) is 15.2. The van der Waals surface area contributed by atoms with Crippen molar-refractivity contribution in [3.63, 3.8) is 0 Å². The van der Waals surface area contributed by atoms with Gasteiger partial charge in [-0.15, -0.1) is 0 Å². The van der Waals surface area contributed by atoms with E-state index in [1.54, 1.807) is 0 Å². The Balaban J connectivity index is 1.28. The van der Waals surface area contributed by atoms with Gasteiger partial charge in [-0.2, -0.15) is 0 Å². The Labute approximate surface area is 184 Å². The molecule has 2 saturated heterocycles. The number of aliphatic imine (C=N–C) groups is 1. The fourth-order valence-electron chi connectivity index (χ4n) is 4.09. The van der Waals surface area contributed by atoms with Crippen LogP contribution in [0.15, 0.2) is 59.6 Å². The summed E-state index contributed by atoms with van der Waals surface area (Å²) in [6, 6.07) is 18.5. The minimum absolute atomic E-state index is 0.0605. The summed E-state index contributed by atoms with van der Waals surface area (Å²) in [7, 11) is 1.82. The Bertz CT molecular complexity index is 888. The smallest absolute Gasteiger partial charge is 0.253 e. The van der Waals surface area contributed by atoms with Gasteiger partial charge in [-0.3, -0.25) is 9.79 Å². The molecule has 2 aromatic rings. The summed E-state index contributed by atoms with van der Waals surface area (Å²) in [6.45, 7) is 5.10. The van der Waals surface area contributed by atoms with Gasteiger partial charge in [-0.1, -0.05) is 30.3 Å². The minimum Gasteiger partial charge on any atom is -0.368 e. The predicted molar refractivity (Wildman–Crippen MR) is 124 cm³/mol. The maximum Gasteiger partial charge on any atom is 0.253 e. The number of guanidine groups is 1. The standard InChI is InChI=1S/C24H31N5O2/c1-25-24(29-14-12-28(13-15-29)21-9-3-2-4-10-21)26-18-19-7-5-8-20(17-19)27-23(30)22-11-6-16-31-22/h2-5,7-10,17,22H,6,11-16,18H2,1H3,(H,25,26)(H,27,30). The van der Waals surface area contributed by atoms with Gasteiger partial charge in [0.05, 0.1) is 0 Å². The van der Waals surface area contributed by atoms with E-state index in [9.17, 15) is 4.79 Å². The molecule has 7 nitrogen and oxygen atoms in total. The van der Waals surface area contributed by atoms with E-state index in [0.717, 1.165) is 56.2 Å². The van der Waals surface area contributed by atoms with Crippen LogP contribution in [0.1, 0.15) is 18.4 Å². The number of para-hydroxylation sites is 1. The van der Waals surface area contributed by atoms with Crippen molar-refractivity contribution in [1.82, 2.24) is 10.2 Å². The number of nitrogens with one attached hydrogen (secondary N) is 2. The van der Waals surface area contributed by atoms with E-state index in [1.807, 2.05) is 25.2 Å². The van der Waals surface area contributed by atoms with E-state index in [-0.39, 0.29) is 12.0 Å². The molecule has 1 atom stereocenters. The molecule has 0 aromatic heterocycles. The first kappa shape index (κ1) is 21.2. The van der Waals surface area contributed by atoms with Gasteiger partial charge in [0.2, 0.25) is 0 Å². The molecule has 7 heteroatoms. The molecule has 2 heterocycles. The van der Waals surface area contributed by atoms with Crippen LogP contribution in [-0.2, 0) is 16.1 Å². The average molecular weight is 422 g/mol. The topological polar surface area (TPSA) is 69.2 Å². The summed E-state index contributed by atoms with van der Waals surface area (Å²) in [5, 5.41) is 6.44. The maximum atomic E-state index is 12.3. The second kappa shape index (κ2) is 10.3. The summed E-state index contributed by atoms with van der Waals surface area (Å²) in [4.78, 5) is 21.5. The summed E-state index contributed by atoms with van der Waals surface area (Å²) < 4.78 is 5.46. The first-order valence-corrected chi connectivity index (χ1v) is 11.0. The molecule has 2 fully saturated rings. The number of piperazine rings is 1. The lowest BCUT2D eigenvalue weighted by molar-refractivity contribution is -0.124. The summed E-state index contributed by atoms with van der Waals surface area (Å²) in [5.74, 6) is 0.844. The van der Waals surface area contributed by atoms with E-state index in [4.69, 9.17) is 4.74 Å². The normalized spacial score (nSPS) is 19.4. The molecule has 2 aliphatic rings. The summed E-state index contributed by atoms with van der Waals surface area (Å²) in [6.07, 6.45) is 1.41. The number of nitrogens with zero attached hydrogens (tertiary/aromatic N) is 3. The molecule has 1 amide bonds. The van der Waals surface area contributed by atoms with Gasteiger partial charge in [-0.25, -0.2) is 0 Å². The highest BCUT2D eigenvalue weighted by molar-refractivity contribution is 5.94. The number of benzene rings is 2. The molecular formula is C24H31N5O2. The second-order valence-electron chi connectivity index (χ2n) is 7.90. The third kappa shape index (κ3) is 5.55. The van der Waals surface area contributed by atoms with Gasteiger partial charge in [0, 0.05) is 57.8 Å². The van der Waals surface area contributed by atoms with Crippen LogP contribution in [0.25, 0.3) is 0 Å². The summed E-state index contributed by atoms with van der Waals surface area (Å²) in [5.41, 5.74) is 3.16.